The average molecular weight is 254 g/mol. The Labute approximate surface area is 103 Å². The van der Waals surface area contributed by atoms with Crippen LogP contribution in [0.2, 0.25) is 0 Å². The Balaban J connectivity index is 2.58. The maximum absolute atomic E-state index is 11.6. The van der Waals surface area contributed by atoms with Gasteiger partial charge in [0.05, 0.1) is 10.6 Å². The molecule has 1 amide bonds. The monoisotopic (exact) mass is 254 g/mol. The van der Waals surface area contributed by atoms with Gasteiger partial charge in [-0.05, 0) is 0 Å². The molecule has 17 heavy (non-hydrogen) atoms. The van der Waals surface area contributed by atoms with Gasteiger partial charge in [0.15, 0.2) is 0 Å². The minimum Gasteiger partial charge on any atom is -0.477 e. The van der Waals surface area contributed by atoms with Gasteiger partial charge in [0, 0.05) is 32.0 Å². The van der Waals surface area contributed by atoms with E-state index in [4.69, 9.17) is 0 Å². The van der Waals surface area contributed by atoms with Gasteiger partial charge < -0.3 is 14.6 Å². The second-order valence-electron chi connectivity index (χ2n) is 4.17. The van der Waals surface area contributed by atoms with Crippen LogP contribution < -0.4 is 4.90 Å². The minimum atomic E-state index is -0.959. The summed E-state index contributed by atoms with van der Waals surface area (Å²) in [6.07, 6.45) is 1.71. The first-order chi connectivity index (χ1) is 7.91. The Morgan fingerprint density at radius 2 is 2.18 bits per heavy atom. The number of amides is 1. The van der Waals surface area contributed by atoms with Crippen molar-refractivity contribution < 1.29 is 14.7 Å². The van der Waals surface area contributed by atoms with E-state index in [-0.39, 0.29) is 16.9 Å². The first-order valence-corrected chi connectivity index (χ1v) is 6.17. The molecule has 1 N–H and O–H groups in total. The molecule has 0 fully saturated rings. The van der Waals surface area contributed by atoms with Gasteiger partial charge in [0.2, 0.25) is 5.91 Å². The number of hydrogen-bond acceptors (Lipinski definition) is 3. The lowest BCUT2D eigenvalue weighted by Gasteiger charge is -2.29. The number of carbonyl (C=O) groups excluding carboxylic acids is 1. The molecule has 1 atom stereocenters. The normalized spacial score (nSPS) is 19.0. The smallest absolute Gasteiger partial charge is 0.353 e. The molecule has 0 bridgehead atoms. The molecule has 1 aliphatic rings. The topological polar surface area (TPSA) is 62.5 Å². The molecule has 1 aromatic heterocycles. The van der Waals surface area contributed by atoms with Crippen LogP contribution in [-0.2, 0) is 11.8 Å². The van der Waals surface area contributed by atoms with Crippen molar-refractivity contribution in [1.29, 1.82) is 0 Å². The number of aryl methyl sites for hydroxylation is 1. The molecule has 92 valence electrons. The maximum atomic E-state index is 11.6. The van der Waals surface area contributed by atoms with Crippen LogP contribution in [0.1, 0.15) is 24.3 Å². The zero-order valence-corrected chi connectivity index (χ0v) is 10.7. The number of hydrogen-bond donors (Lipinski definition) is 1. The van der Waals surface area contributed by atoms with Crippen molar-refractivity contribution in [2.75, 3.05) is 11.4 Å². The van der Waals surface area contributed by atoms with E-state index in [0.29, 0.717) is 17.1 Å². The molecule has 0 aromatic carbocycles. The predicted octanol–water partition coefficient (Wildman–Crippen LogP) is 1.57. The largest absolute Gasteiger partial charge is 0.477 e. The summed E-state index contributed by atoms with van der Waals surface area (Å²) in [6.45, 7) is 4.11. The number of nitrogens with zero attached hydrogens (tertiary/aromatic N) is 2. The number of rotatable bonds is 1. The summed E-state index contributed by atoms with van der Waals surface area (Å²) >= 11 is 1.51. The number of carboxylic acids is 1. The van der Waals surface area contributed by atoms with Crippen molar-refractivity contribution in [3.8, 4) is 0 Å². The van der Waals surface area contributed by atoms with Crippen LogP contribution in [0.3, 0.4) is 0 Å². The van der Waals surface area contributed by atoms with E-state index in [1.54, 1.807) is 22.7 Å². The Morgan fingerprint density at radius 3 is 2.71 bits per heavy atom. The standard InChI is InChI=1S/C11H14N2O3S/c1-6-4-13(7(2)14)8-5-12(3)9(11(15)16)10(8)17-6/h5-6H,4H2,1-3H3,(H,15,16). The number of aromatic nitrogens is 1. The van der Waals surface area contributed by atoms with E-state index in [9.17, 15) is 14.7 Å². The van der Waals surface area contributed by atoms with E-state index in [2.05, 4.69) is 0 Å². The summed E-state index contributed by atoms with van der Waals surface area (Å²) in [5, 5.41) is 9.38. The quantitative estimate of drug-likeness (QED) is 0.826. The number of aromatic carboxylic acids is 1. The van der Waals surface area contributed by atoms with Crippen LogP contribution in [0.15, 0.2) is 11.1 Å². The lowest BCUT2D eigenvalue weighted by Crippen LogP contribution is -2.36. The first kappa shape index (κ1) is 12.0. The van der Waals surface area contributed by atoms with Crippen LogP contribution in [0.4, 0.5) is 5.69 Å². The van der Waals surface area contributed by atoms with E-state index < -0.39 is 5.97 Å². The third kappa shape index (κ3) is 1.93. The Kier molecular flexibility index (Phi) is 2.91. The molecule has 2 heterocycles. The molecule has 0 radical (unpaired) electrons. The lowest BCUT2D eigenvalue weighted by atomic mass is 10.3. The molecule has 1 unspecified atom stereocenters. The lowest BCUT2D eigenvalue weighted by molar-refractivity contribution is -0.116. The predicted molar refractivity (Wildman–Crippen MR) is 65.7 cm³/mol. The minimum absolute atomic E-state index is 0.0547. The van der Waals surface area contributed by atoms with Crippen molar-refractivity contribution in [2.45, 2.75) is 24.0 Å². The highest BCUT2D eigenvalue weighted by Gasteiger charge is 2.31. The van der Waals surface area contributed by atoms with Crippen LogP contribution >= 0.6 is 11.8 Å². The Morgan fingerprint density at radius 1 is 1.53 bits per heavy atom. The third-order valence-corrected chi connectivity index (χ3v) is 3.94. The van der Waals surface area contributed by atoms with E-state index in [0.717, 1.165) is 0 Å². The Hall–Kier alpha value is -1.43. The molecule has 0 saturated carbocycles. The van der Waals surface area contributed by atoms with Gasteiger partial charge in [-0.25, -0.2) is 4.79 Å². The molecule has 0 aliphatic carbocycles. The summed E-state index contributed by atoms with van der Waals surface area (Å²) in [4.78, 5) is 25.1. The zero-order valence-electron chi connectivity index (χ0n) is 9.93. The van der Waals surface area contributed by atoms with E-state index >= 15 is 0 Å². The van der Waals surface area contributed by atoms with Gasteiger partial charge in [-0.3, -0.25) is 4.79 Å². The molecular weight excluding hydrogens is 240 g/mol. The van der Waals surface area contributed by atoms with Crippen molar-refractivity contribution in [3.05, 3.63) is 11.9 Å². The highest BCUT2D eigenvalue weighted by atomic mass is 32.2. The fraction of sp³-hybridized carbons (Fsp3) is 0.455. The third-order valence-electron chi connectivity index (χ3n) is 2.75. The van der Waals surface area contributed by atoms with Crippen LogP contribution in [-0.4, -0.2) is 33.3 Å². The zero-order chi connectivity index (χ0) is 12.7. The number of carboxylic acid groups (broad SMARTS) is 1. The van der Waals surface area contributed by atoms with Crippen LogP contribution in [0, 0.1) is 0 Å². The maximum Gasteiger partial charge on any atom is 0.353 e. The summed E-state index contributed by atoms with van der Waals surface area (Å²) in [5.74, 6) is -1.01. The highest BCUT2D eigenvalue weighted by Crippen LogP contribution is 2.41. The van der Waals surface area contributed by atoms with Crippen molar-refractivity contribution in [1.82, 2.24) is 4.57 Å². The fourth-order valence-electron chi connectivity index (χ4n) is 2.04. The molecule has 1 aliphatic heterocycles. The number of anilines is 1. The Bertz CT molecular complexity index is 495. The fourth-order valence-corrected chi connectivity index (χ4v) is 3.29. The summed E-state index contributed by atoms with van der Waals surface area (Å²) in [7, 11) is 1.69. The van der Waals surface area contributed by atoms with Gasteiger partial charge in [0.25, 0.3) is 0 Å². The summed E-state index contributed by atoms with van der Waals surface area (Å²) in [6, 6.07) is 0. The average Bonchev–Trinajstić information content (AvgIpc) is 2.52. The SMILES string of the molecule is CC(=O)N1CC(C)Sc2c1cn(C)c2C(=O)O. The van der Waals surface area contributed by atoms with E-state index in [1.165, 1.54) is 18.7 Å². The molecule has 1 aromatic rings. The van der Waals surface area contributed by atoms with Crippen molar-refractivity contribution >= 4 is 29.3 Å². The summed E-state index contributed by atoms with van der Waals surface area (Å²) < 4.78 is 1.56. The van der Waals surface area contributed by atoms with Gasteiger partial charge in [-0.2, -0.15) is 0 Å². The van der Waals surface area contributed by atoms with E-state index in [1.807, 2.05) is 6.92 Å². The molecule has 6 heteroatoms. The second kappa shape index (κ2) is 4.10. The van der Waals surface area contributed by atoms with Crippen molar-refractivity contribution in [3.63, 3.8) is 0 Å². The van der Waals surface area contributed by atoms with Gasteiger partial charge in [-0.1, -0.05) is 6.92 Å². The number of thioether (sulfide) groups is 1. The molecule has 2 rings (SSSR count). The molecule has 0 spiro atoms. The van der Waals surface area contributed by atoms with Gasteiger partial charge >= 0.3 is 5.97 Å². The van der Waals surface area contributed by atoms with Gasteiger partial charge in [0.1, 0.15) is 5.69 Å². The number of fused-ring (bicyclic) bond motifs is 1. The molecular formula is C11H14N2O3S. The number of carbonyl (C=O) groups is 2. The van der Waals surface area contributed by atoms with Crippen molar-refractivity contribution in [2.24, 2.45) is 7.05 Å². The molecule has 5 nitrogen and oxygen atoms in total. The summed E-state index contributed by atoms with van der Waals surface area (Å²) in [5.41, 5.74) is 0.961. The van der Waals surface area contributed by atoms with Crippen LogP contribution in [0.5, 0.6) is 0 Å². The first-order valence-electron chi connectivity index (χ1n) is 5.29. The van der Waals surface area contributed by atoms with Crippen LogP contribution in [0.25, 0.3) is 0 Å². The molecule has 0 saturated heterocycles. The second-order valence-corrected chi connectivity index (χ2v) is 5.61. The van der Waals surface area contributed by atoms with Gasteiger partial charge in [-0.15, -0.1) is 11.8 Å². The highest BCUT2D eigenvalue weighted by molar-refractivity contribution is 8.00.